The maximum atomic E-state index is 6.12. The summed E-state index contributed by atoms with van der Waals surface area (Å²) in [5.41, 5.74) is 4.19. The Morgan fingerprint density at radius 1 is 0.667 bits per heavy atom. The molecule has 2 nitrogen and oxygen atoms in total. The van der Waals surface area contributed by atoms with Crippen LogP contribution in [0.2, 0.25) is 0 Å². The zero-order chi connectivity index (χ0) is 20.9. The lowest BCUT2D eigenvalue weighted by Gasteiger charge is -2.28. The van der Waals surface area contributed by atoms with Crippen LogP contribution in [0.4, 0.5) is 11.4 Å². The first-order valence-corrected chi connectivity index (χ1v) is 10.4. The fourth-order valence-corrected chi connectivity index (χ4v) is 3.91. The van der Waals surface area contributed by atoms with Crippen LogP contribution in [0.25, 0.3) is 16.3 Å². The van der Waals surface area contributed by atoms with E-state index in [2.05, 4.69) is 77.8 Å². The summed E-state index contributed by atoms with van der Waals surface area (Å²) in [7, 11) is 4.04. The molecule has 0 spiro atoms. The van der Waals surface area contributed by atoms with Gasteiger partial charge in [0.15, 0.2) is 0 Å². The van der Waals surface area contributed by atoms with E-state index in [4.69, 9.17) is 12.2 Å². The van der Waals surface area contributed by atoms with Crippen molar-refractivity contribution in [3.05, 3.63) is 115 Å². The van der Waals surface area contributed by atoms with Gasteiger partial charge in [-0.2, -0.15) is 0 Å². The zero-order valence-corrected chi connectivity index (χ0v) is 18.0. The molecule has 0 amide bonds. The van der Waals surface area contributed by atoms with Gasteiger partial charge in [-0.05, 0) is 40.6 Å². The van der Waals surface area contributed by atoms with Gasteiger partial charge in [-0.3, -0.25) is 0 Å². The molecule has 0 saturated heterocycles. The van der Waals surface area contributed by atoms with Crippen molar-refractivity contribution in [1.82, 2.24) is 4.90 Å². The predicted octanol–water partition coefficient (Wildman–Crippen LogP) is 6.91. The Bertz CT molecular complexity index is 1180. The normalized spacial score (nSPS) is 11.3. The lowest BCUT2D eigenvalue weighted by Crippen LogP contribution is -2.26. The Morgan fingerprint density at radius 2 is 1.27 bits per heavy atom. The first-order valence-electron chi connectivity index (χ1n) is 9.95. The van der Waals surface area contributed by atoms with Gasteiger partial charge in [0.1, 0.15) is 4.99 Å². The van der Waals surface area contributed by atoms with Crippen molar-refractivity contribution >= 4 is 44.9 Å². The standard InChI is InChI=1S/C27H24N2S/c1-28(2)20-26(22-12-5-3-6-13-22)27(30)29(24-15-7-4-8-16-24)25-18-17-21-11-9-10-14-23(21)19-25/h3-20H,1-2H3/b26-20+. The Morgan fingerprint density at radius 3 is 1.93 bits per heavy atom. The van der Waals surface area contributed by atoms with Crippen molar-refractivity contribution in [2.24, 2.45) is 0 Å². The van der Waals surface area contributed by atoms with Crippen LogP contribution in [0.5, 0.6) is 0 Å². The quantitative estimate of drug-likeness (QED) is 0.262. The van der Waals surface area contributed by atoms with Crippen molar-refractivity contribution < 1.29 is 0 Å². The van der Waals surface area contributed by atoms with Crippen LogP contribution < -0.4 is 4.90 Å². The number of rotatable bonds is 5. The van der Waals surface area contributed by atoms with Gasteiger partial charge in [-0.25, -0.2) is 0 Å². The first-order chi connectivity index (χ1) is 14.6. The molecule has 3 heteroatoms. The van der Waals surface area contributed by atoms with Gasteiger partial charge < -0.3 is 9.80 Å². The summed E-state index contributed by atoms with van der Waals surface area (Å²) in [6.45, 7) is 0. The largest absolute Gasteiger partial charge is 0.383 e. The van der Waals surface area contributed by atoms with Crippen LogP contribution in [0, 0.1) is 0 Å². The maximum Gasteiger partial charge on any atom is 0.120 e. The number of nitrogens with zero attached hydrogens (tertiary/aromatic N) is 2. The van der Waals surface area contributed by atoms with Crippen molar-refractivity contribution in [3.63, 3.8) is 0 Å². The lowest BCUT2D eigenvalue weighted by molar-refractivity contribution is 0.566. The van der Waals surface area contributed by atoms with Crippen molar-refractivity contribution in [2.75, 3.05) is 19.0 Å². The molecule has 0 atom stereocenters. The van der Waals surface area contributed by atoms with Gasteiger partial charge >= 0.3 is 0 Å². The Balaban J connectivity index is 1.87. The molecular formula is C27H24N2S. The molecule has 0 fully saturated rings. The highest BCUT2D eigenvalue weighted by Gasteiger charge is 2.20. The van der Waals surface area contributed by atoms with Gasteiger partial charge in [0.2, 0.25) is 0 Å². The second-order valence-electron chi connectivity index (χ2n) is 7.38. The third-order valence-corrected chi connectivity index (χ3v) is 5.31. The minimum absolute atomic E-state index is 0.761. The number of benzene rings is 4. The fraction of sp³-hybridized carbons (Fsp3) is 0.0741. The van der Waals surface area contributed by atoms with E-state index in [0.717, 1.165) is 27.5 Å². The molecule has 0 N–H and O–H groups in total. The summed E-state index contributed by atoms with van der Waals surface area (Å²) in [6, 6.07) is 35.5. The third-order valence-electron chi connectivity index (χ3n) is 4.91. The van der Waals surface area contributed by atoms with Crippen molar-refractivity contribution in [1.29, 1.82) is 0 Å². The monoisotopic (exact) mass is 408 g/mol. The molecule has 0 radical (unpaired) electrons. The number of fused-ring (bicyclic) bond motifs is 1. The topological polar surface area (TPSA) is 6.48 Å². The molecule has 0 aliphatic rings. The third kappa shape index (κ3) is 4.27. The molecule has 4 rings (SSSR count). The summed E-state index contributed by atoms with van der Waals surface area (Å²) < 4.78 is 0. The van der Waals surface area contributed by atoms with Gasteiger partial charge in [-0.1, -0.05) is 91.1 Å². The molecule has 0 heterocycles. The number of anilines is 2. The van der Waals surface area contributed by atoms with Gasteiger partial charge in [0.25, 0.3) is 0 Å². The average molecular weight is 409 g/mol. The molecule has 4 aromatic carbocycles. The van der Waals surface area contributed by atoms with E-state index in [1.165, 1.54) is 10.8 Å². The number of hydrogen-bond donors (Lipinski definition) is 0. The fourth-order valence-electron chi connectivity index (χ4n) is 3.53. The highest BCUT2D eigenvalue weighted by atomic mass is 32.1. The summed E-state index contributed by atoms with van der Waals surface area (Å²) in [5.74, 6) is 0. The van der Waals surface area contributed by atoms with E-state index in [-0.39, 0.29) is 0 Å². The van der Waals surface area contributed by atoms with Crippen LogP contribution in [0.15, 0.2) is 109 Å². The number of thiocarbonyl (C=S) groups is 1. The van der Waals surface area contributed by atoms with Gasteiger partial charge in [-0.15, -0.1) is 0 Å². The van der Waals surface area contributed by atoms with Crippen LogP contribution in [-0.4, -0.2) is 24.0 Å². The minimum Gasteiger partial charge on any atom is -0.383 e. The molecule has 0 unspecified atom stereocenters. The van der Waals surface area contributed by atoms with Crippen molar-refractivity contribution in [2.45, 2.75) is 0 Å². The molecule has 0 bridgehead atoms. The van der Waals surface area contributed by atoms with Crippen LogP contribution >= 0.6 is 12.2 Å². The number of para-hydroxylation sites is 1. The van der Waals surface area contributed by atoms with Crippen LogP contribution in [0.3, 0.4) is 0 Å². The molecule has 0 aliphatic heterocycles. The second kappa shape index (κ2) is 8.93. The van der Waals surface area contributed by atoms with E-state index >= 15 is 0 Å². The summed E-state index contributed by atoms with van der Waals surface area (Å²) in [5, 5.41) is 2.41. The maximum absolute atomic E-state index is 6.12. The summed E-state index contributed by atoms with van der Waals surface area (Å²) in [4.78, 5) is 4.96. The summed E-state index contributed by atoms with van der Waals surface area (Å²) in [6.07, 6.45) is 2.09. The second-order valence-corrected chi connectivity index (χ2v) is 7.77. The highest BCUT2D eigenvalue weighted by Crippen LogP contribution is 2.33. The Labute approximate surface area is 183 Å². The van der Waals surface area contributed by atoms with Gasteiger partial charge in [0, 0.05) is 37.2 Å². The lowest BCUT2D eigenvalue weighted by atomic mass is 10.0. The Hall–Kier alpha value is -3.43. The minimum atomic E-state index is 0.761. The molecule has 4 aromatic rings. The first kappa shape index (κ1) is 19.9. The molecular weight excluding hydrogens is 384 g/mol. The van der Waals surface area contributed by atoms with E-state index in [1.807, 2.05) is 55.4 Å². The van der Waals surface area contributed by atoms with Crippen molar-refractivity contribution in [3.8, 4) is 0 Å². The smallest absolute Gasteiger partial charge is 0.120 e. The highest BCUT2D eigenvalue weighted by molar-refractivity contribution is 7.81. The average Bonchev–Trinajstić information content (AvgIpc) is 2.78. The molecule has 148 valence electrons. The molecule has 0 saturated carbocycles. The molecule has 30 heavy (non-hydrogen) atoms. The van der Waals surface area contributed by atoms with E-state index < -0.39 is 0 Å². The Kier molecular flexibility index (Phi) is 5.92. The predicted molar refractivity (Wildman–Crippen MR) is 133 cm³/mol. The van der Waals surface area contributed by atoms with Crippen LogP contribution in [0.1, 0.15) is 5.56 Å². The van der Waals surface area contributed by atoms with Crippen LogP contribution in [-0.2, 0) is 0 Å². The molecule has 0 aliphatic carbocycles. The zero-order valence-electron chi connectivity index (χ0n) is 17.2. The van der Waals surface area contributed by atoms with E-state index in [1.54, 1.807) is 0 Å². The van der Waals surface area contributed by atoms with E-state index in [0.29, 0.717) is 0 Å². The summed E-state index contributed by atoms with van der Waals surface area (Å²) >= 11 is 6.12. The number of hydrogen-bond acceptors (Lipinski definition) is 2. The van der Waals surface area contributed by atoms with E-state index in [9.17, 15) is 0 Å². The van der Waals surface area contributed by atoms with Gasteiger partial charge in [0.05, 0.1) is 0 Å². The SMILES string of the molecule is CN(C)/C=C(/C(=S)N(c1ccccc1)c1ccc2ccccc2c1)c1ccccc1. The molecule has 0 aromatic heterocycles.